The van der Waals surface area contributed by atoms with E-state index in [4.69, 9.17) is 9.72 Å². The topological polar surface area (TPSA) is 69.0 Å². The smallest absolute Gasteiger partial charge is 0.236 e. The van der Waals surface area contributed by atoms with Crippen molar-refractivity contribution in [1.82, 2.24) is 14.5 Å². The van der Waals surface area contributed by atoms with E-state index >= 15 is 0 Å². The fourth-order valence-corrected chi connectivity index (χ4v) is 5.14. The Morgan fingerprint density at radius 2 is 1.76 bits per heavy atom. The summed E-state index contributed by atoms with van der Waals surface area (Å²) in [6.45, 7) is 0.697. The van der Waals surface area contributed by atoms with Gasteiger partial charge in [-0.1, -0.05) is 54.2 Å². The minimum Gasteiger partial charge on any atom is -0.497 e. The average Bonchev–Trinajstić information content (AvgIpc) is 3.48. The molecule has 0 aliphatic heterocycles. The Balaban J connectivity index is 1.27. The van der Waals surface area contributed by atoms with E-state index in [1.165, 1.54) is 28.7 Å². The molecule has 170 valence electrons. The number of thioether (sulfide) groups is 1. The lowest BCUT2D eigenvalue weighted by molar-refractivity contribution is -0.113. The van der Waals surface area contributed by atoms with E-state index in [-0.39, 0.29) is 11.7 Å². The number of benzene rings is 3. The van der Waals surface area contributed by atoms with Crippen molar-refractivity contribution in [2.75, 3.05) is 18.2 Å². The van der Waals surface area contributed by atoms with E-state index in [9.17, 15) is 4.79 Å². The lowest BCUT2D eigenvalue weighted by Crippen LogP contribution is -2.14. The predicted octanol–water partition coefficient (Wildman–Crippen LogP) is 5.95. The van der Waals surface area contributed by atoms with Crippen molar-refractivity contribution in [3.05, 3.63) is 89.8 Å². The highest BCUT2D eigenvalue weighted by atomic mass is 32.2. The van der Waals surface area contributed by atoms with Crippen molar-refractivity contribution in [1.29, 1.82) is 0 Å². The number of rotatable bonds is 8. The highest BCUT2D eigenvalue weighted by Crippen LogP contribution is 2.28. The predicted molar refractivity (Wildman–Crippen MR) is 139 cm³/mol. The van der Waals surface area contributed by atoms with Gasteiger partial charge in [-0.05, 0) is 42.0 Å². The van der Waals surface area contributed by atoms with Crippen molar-refractivity contribution in [3.8, 4) is 17.0 Å². The maximum Gasteiger partial charge on any atom is 0.236 e. The Hall–Kier alpha value is -3.62. The number of para-hydroxylation sites is 2. The van der Waals surface area contributed by atoms with Crippen LogP contribution in [0.2, 0.25) is 0 Å². The van der Waals surface area contributed by atoms with E-state index in [0.29, 0.717) is 11.7 Å². The number of thiazole rings is 1. The number of fused-ring (bicyclic) bond motifs is 1. The van der Waals surface area contributed by atoms with Gasteiger partial charge in [-0.15, -0.1) is 11.3 Å². The molecule has 0 unspecified atom stereocenters. The van der Waals surface area contributed by atoms with Gasteiger partial charge < -0.3 is 14.6 Å². The molecule has 0 saturated heterocycles. The summed E-state index contributed by atoms with van der Waals surface area (Å²) < 4.78 is 7.36. The van der Waals surface area contributed by atoms with Crippen LogP contribution in [0.3, 0.4) is 0 Å². The number of aromatic nitrogens is 3. The largest absolute Gasteiger partial charge is 0.497 e. The quantitative estimate of drug-likeness (QED) is 0.275. The zero-order valence-corrected chi connectivity index (χ0v) is 20.1. The maximum atomic E-state index is 12.7. The van der Waals surface area contributed by atoms with Gasteiger partial charge in [-0.2, -0.15) is 0 Å². The van der Waals surface area contributed by atoms with Crippen LogP contribution < -0.4 is 10.1 Å². The monoisotopic (exact) mass is 486 g/mol. The Labute approximate surface area is 205 Å². The van der Waals surface area contributed by atoms with Crippen molar-refractivity contribution in [2.24, 2.45) is 0 Å². The number of nitrogens with one attached hydrogen (secondary N) is 1. The number of ether oxygens (including phenoxy) is 1. The Morgan fingerprint density at radius 3 is 2.56 bits per heavy atom. The molecule has 5 aromatic rings. The first-order valence-corrected chi connectivity index (χ1v) is 12.6. The normalized spacial score (nSPS) is 11.0. The zero-order chi connectivity index (χ0) is 23.3. The molecule has 2 heterocycles. The molecule has 0 aliphatic carbocycles. The molecule has 0 spiro atoms. The van der Waals surface area contributed by atoms with Crippen LogP contribution in [0.15, 0.2) is 89.4 Å². The summed E-state index contributed by atoms with van der Waals surface area (Å²) in [7, 11) is 1.64. The van der Waals surface area contributed by atoms with Gasteiger partial charge in [-0.3, -0.25) is 4.79 Å². The van der Waals surface area contributed by atoms with Gasteiger partial charge in [0.25, 0.3) is 0 Å². The molecule has 0 atom stereocenters. The lowest BCUT2D eigenvalue weighted by atomic mass is 10.2. The van der Waals surface area contributed by atoms with Gasteiger partial charge in [0.1, 0.15) is 5.75 Å². The Kier molecular flexibility index (Phi) is 6.60. The summed E-state index contributed by atoms with van der Waals surface area (Å²) in [5.74, 6) is 0.928. The summed E-state index contributed by atoms with van der Waals surface area (Å²) in [5.41, 5.74) is 4.95. The van der Waals surface area contributed by atoms with Crippen LogP contribution in [-0.2, 0) is 11.3 Å². The summed E-state index contributed by atoms with van der Waals surface area (Å²) >= 11 is 2.84. The number of imidazole rings is 1. The van der Waals surface area contributed by atoms with E-state index in [1.807, 2.05) is 66.0 Å². The van der Waals surface area contributed by atoms with E-state index < -0.39 is 0 Å². The van der Waals surface area contributed by atoms with E-state index in [0.717, 1.165) is 33.2 Å². The molecule has 0 bridgehead atoms. The molecule has 3 aromatic carbocycles. The molecular weight excluding hydrogens is 464 g/mol. The number of nitrogens with zero attached hydrogens (tertiary/aromatic N) is 3. The molecular formula is C26H22N4O2S2. The van der Waals surface area contributed by atoms with Gasteiger partial charge in [-0.25, -0.2) is 9.97 Å². The number of amides is 1. The molecule has 0 radical (unpaired) electrons. The summed E-state index contributed by atoms with van der Waals surface area (Å²) in [4.78, 5) is 22.0. The highest BCUT2D eigenvalue weighted by Gasteiger charge is 2.14. The molecule has 0 aliphatic rings. The van der Waals surface area contributed by atoms with Gasteiger partial charge in [0.05, 0.1) is 36.1 Å². The second-order valence-electron chi connectivity index (χ2n) is 7.56. The summed E-state index contributed by atoms with van der Waals surface area (Å²) in [6.07, 6.45) is 0. The molecule has 6 nitrogen and oxygen atoms in total. The van der Waals surface area contributed by atoms with Gasteiger partial charge in [0, 0.05) is 10.9 Å². The van der Waals surface area contributed by atoms with Crippen molar-refractivity contribution in [2.45, 2.75) is 11.7 Å². The number of methoxy groups -OCH3 is 1. The van der Waals surface area contributed by atoms with Crippen LogP contribution >= 0.6 is 23.1 Å². The molecule has 5 rings (SSSR count). The highest BCUT2D eigenvalue weighted by molar-refractivity contribution is 7.99. The van der Waals surface area contributed by atoms with Crippen LogP contribution in [0, 0.1) is 0 Å². The zero-order valence-electron chi connectivity index (χ0n) is 18.5. The van der Waals surface area contributed by atoms with Crippen molar-refractivity contribution < 1.29 is 9.53 Å². The first-order chi connectivity index (χ1) is 16.7. The van der Waals surface area contributed by atoms with Crippen molar-refractivity contribution >= 4 is 45.2 Å². The van der Waals surface area contributed by atoms with Crippen molar-refractivity contribution in [3.63, 3.8) is 0 Å². The minimum atomic E-state index is -0.112. The number of hydrogen-bond donors (Lipinski definition) is 1. The first kappa shape index (κ1) is 22.2. The molecule has 8 heteroatoms. The third-order valence-electron chi connectivity index (χ3n) is 5.27. The third-order valence-corrected chi connectivity index (χ3v) is 7.01. The molecule has 34 heavy (non-hydrogen) atoms. The minimum absolute atomic E-state index is 0.112. The second-order valence-corrected chi connectivity index (χ2v) is 9.36. The van der Waals surface area contributed by atoms with Crippen LogP contribution in [0.1, 0.15) is 5.56 Å². The number of anilines is 1. The second kappa shape index (κ2) is 10.1. The molecule has 2 aromatic heterocycles. The fraction of sp³-hybridized carbons (Fsp3) is 0.115. The standard InChI is InChI=1S/C26H22N4O2S2/c1-32-20-13-11-19(12-14-20)22-16-33-25(27-22)29-24(31)17-34-26-28-21-9-5-6-10-23(21)30(26)15-18-7-3-2-4-8-18/h2-14,16H,15,17H2,1H3,(H,27,29,31). The van der Waals surface area contributed by atoms with E-state index in [1.54, 1.807) is 7.11 Å². The van der Waals surface area contributed by atoms with Gasteiger partial charge in [0.2, 0.25) is 5.91 Å². The molecule has 1 N–H and O–H groups in total. The Bertz CT molecular complexity index is 1410. The van der Waals surface area contributed by atoms with Crippen LogP contribution in [-0.4, -0.2) is 33.3 Å². The SMILES string of the molecule is COc1ccc(-c2csc(NC(=O)CSc3nc4ccccc4n3Cc3ccccc3)n2)cc1. The third kappa shape index (κ3) is 4.98. The summed E-state index contributed by atoms with van der Waals surface area (Å²) in [5, 5.41) is 6.24. The van der Waals surface area contributed by atoms with Gasteiger partial charge in [0.15, 0.2) is 10.3 Å². The molecule has 1 amide bonds. The van der Waals surface area contributed by atoms with E-state index in [2.05, 4.69) is 33.1 Å². The lowest BCUT2D eigenvalue weighted by Gasteiger charge is -2.09. The van der Waals surface area contributed by atoms with Crippen LogP contribution in [0.5, 0.6) is 5.75 Å². The average molecular weight is 487 g/mol. The first-order valence-electron chi connectivity index (χ1n) is 10.7. The Morgan fingerprint density at radius 1 is 1.00 bits per heavy atom. The summed E-state index contributed by atoms with van der Waals surface area (Å²) in [6, 6.07) is 26.0. The number of hydrogen-bond acceptors (Lipinski definition) is 6. The molecule has 0 fully saturated rings. The van der Waals surface area contributed by atoms with Gasteiger partial charge >= 0.3 is 0 Å². The fourth-order valence-electron chi connectivity index (χ4n) is 3.59. The molecule has 0 saturated carbocycles. The maximum absolute atomic E-state index is 12.7. The number of carbonyl (C=O) groups excluding carboxylic acids is 1. The van der Waals surface area contributed by atoms with Crippen LogP contribution in [0.4, 0.5) is 5.13 Å². The van der Waals surface area contributed by atoms with Crippen LogP contribution in [0.25, 0.3) is 22.3 Å². The number of carbonyl (C=O) groups is 1.